The summed E-state index contributed by atoms with van der Waals surface area (Å²) in [6, 6.07) is 6.53. The first-order valence-corrected chi connectivity index (χ1v) is 6.91. The number of carbonyl (C=O) groups excluding carboxylic acids is 1. The summed E-state index contributed by atoms with van der Waals surface area (Å²) in [4.78, 5) is 28.4. The number of thiophene rings is 1. The molecule has 2 heterocycles. The summed E-state index contributed by atoms with van der Waals surface area (Å²) in [6.07, 6.45) is 0. The smallest absolute Gasteiger partial charge is 0.270 e. The van der Waals surface area contributed by atoms with Gasteiger partial charge in [-0.2, -0.15) is 0 Å². The molecule has 2 aromatic rings. The summed E-state index contributed by atoms with van der Waals surface area (Å²) in [5.74, 6) is -0.197. The topological polar surface area (TPSA) is 53.2 Å². The van der Waals surface area contributed by atoms with Crippen LogP contribution in [-0.2, 0) is 6.54 Å². The second-order valence-electron chi connectivity index (χ2n) is 3.82. The van der Waals surface area contributed by atoms with Crippen molar-refractivity contribution >= 4 is 33.2 Å². The van der Waals surface area contributed by atoms with Gasteiger partial charge in [-0.3, -0.25) is 9.59 Å². The molecule has 0 spiro atoms. The monoisotopic (exact) mass is 326 g/mol. The predicted octanol–water partition coefficient (Wildman–Crippen LogP) is 2.47. The zero-order valence-corrected chi connectivity index (χ0v) is 12.0. The third-order valence-electron chi connectivity index (χ3n) is 2.36. The average molecular weight is 327 g/mol. The Labute approximate surface area is 116 Å². The van der Waals surface area contributed by atoms with Gasteiger partial charge < -0.3 is 9.88 Å². The zero-order valence-electron chi connectivity index (χ0n) is 9.64. The van der Waals surface area contributed by atoms with Crippen LogP contribution in [0.4, 0.5) is 0 Å². The van der Waals surface area contributed by atoms with Gasteiger partial charge in [0.2, 0.25) is 5.56 Å². The van der Waals surface area contributed by atoms with Crippen molar-refractivity contribution in [3.05, 3.63) is 55.0 Å². The Hall–Kier alpha value is -1.40. The number of nitrogens with one attached hydrogen (secondary N) is 1. The fourth-order valence-corrected chi connectivity index (χ4v) is 3.02. The van der Waals surface area contributed by atoms with Crippen molar-refractivity contribution in [3.63, 3.8) is 0 Å². The molecule has 2 rings (SSSR count). The molecule has 2 aromatic heterocycles. The molecule has 0 aliphatic heterocycles. The highest BCUT2D eigenvalue weighted by Crippen LogP contribution is 2.21. The van der Waals surface area contributed by atoms with Gasteiger partial charge in [0, 0.05) is 27.8 Å². The number of amides is 1. The minimum atomic E-state index is -0.270. The maximum absolute atomic E-state index is 12.1. The van der Waals surface area contributed by atoms with Crippen LogP contribution in [0.1, 0.15) is 15.4 Å². The predicted molar refractivity (Wildman–Crippen MR) is 74.9 cm³/mol. The molecule has 0 atom stereocenters. The first-order chi connectivity index (χ1) is 8.56. The molecule has 0 aliphatic carbocycles. The van der Waals surface area contributed by atoms with E-state index >= 15 is 0 Å². The van der Waals surface area contributed by atoms with Crippen molar-refractivity contribution in [3.8, 4) is 0 Å². The number of nitrogens with zero attached hydrogens (tertiary/aromatic N) is 1. The van der Waals surface area contributed by atoms with Gasteiger partial charge in [0.25, 0.3) is 5.91 Å². The number of carbonyl (C=O) groups is 1. The van der Waals surface area contributed by atoms with Crippen LogP contribution >= 0.6 is 27.3 Å². The molecule has 0 fully saturated rings. The lowest BCUT2D eigenvalue weighted by atomic mass is 10.3. The van der Waals surface area contributed by atoms with E-state index in [1.165, 1.54) is 6.07 Å². The van der Waals surface area contributed by atoms with Crippen LogP contribution < -0.4 is 5.56 Å². The van der Waals surface area contributed by atoms with E-state index in [-0.39, 0.29) is 11.5 Å². The van der Waals surface area contributed by atoms with Crippen LogP contribution in [0.15, 0.2) is 38.9 Å². The fourth-order valence-electron chi connectivity index (χ4n) is 1.52. The van der Waals surface area contributed by atoms with Gasteiger partial charge in [0.1, 0.15) is 5.69 Å². The van der Waals surface area contributed by atoms with E-state index in [0.29, 0.717) is 12.2 Å². The van der Waals surface area contributed by atoms with Gasteiger partial charge >= 0.3 is 0 Å². The normalized spacial score (nSPS) is 10.3. The van der Waals surface area contributed by atoms with Gasteiger partial charge in [-0.25, -0.2) is 0 Å². The first-order valence-electron chi connectivity index (χ1n) is 5.24. The highest BCUT2D eigenvalue weighted by Gasteiger charge is 2.13. The number of aromatic nitrogens is 1. The van der Waals surface area contributed by atoms with Crippen LogP contribution in [0, 0.1) is 0 Å². The van der Waals surface area contributed by atoms with Crippen molar-refractivity contribution < 1.29 is 4.79 Å². The molecule has 94 valence electrons. The molecule has 0 bridgehead atoms. The molecule has 0 aliphatic rings. The van der Waals surface area contributed by atoms with Crippen molar-refractivity contribution in [2.24, 2.45) is 0 Å². The lowest BCUT2D eigenvalue weighted by Crippen LogP contribution is -2.28. The summed E-state index contributed by atoms with van der Waals surface area (Å²) in [7, 11) is 1.71. The number of rotatable bonds is 3. The average Bonchev–Trinajstić information content (AvgIpc) is 2.73. The number of hydrogen-bond donors (Lipinski definition) is 1. The third-order valence-corrected chi connectivity index (χ3v) is 4.04. The van der Waals surface area contributed by atoms with Gasteiger partial charge in [-0.1, -0.05) is 6.07 Å². The summed E-state index contributed by atoms with van der Waals surface area (Å²) in [6.45, 7) is 0.520. The van der Waals surface area contributed by atoms with E-state index < -0.39 is 0 Å². The van der Waals surface area contributed by atoms with Crippen LogP contribution in [0.2, 0.25) is 0 Å². The van der Waals surface area contributed by atoms with Gasteiger partial charge in [0.05, 0.1) is 6.54 Å². The molecule has 4 nitrogen and oxygen atoms in total. The van der Waals surface area contributed by atoms with Crippen LogP contribution in [0.5, 0.6) is 0 Å². The lowest BCUT2D eigenvalue weighted by Gasteiger charge is -2.15. The van der Waals surface area contributed by atoms with Crippen molar-refractivity contribution in [2.75, 3.05) is 7.05 Å². The van der Waals surface area contributed by atoms with E-state index in [1.807, 2.05) is 11.4 Å². The fraction of sp³-hybridized carbons (Fsp3) is 0.167. The van der Waals surface area contributed by atoms with E-state index in [2.05, 4.69) is 20.9 Å². The molecule has 18 heavy (non-hydrogen) atoms. The van der Waals surface area contributed by atoms with Crippen molar-refractivity contribution in [1.29, 1.82) is 0 Å². The van der Waals surface area contributed by atoms with Gasteiger partial charge in [-0.15, -0.1) is 11.3 Å². The van der Waals surface area contributed by atoms with Crippen molar-refractivity contribution in [2.45, 2.75) is 6.54 Å². The first kappa shape index (κ1) is 13.0. The minimum Gasteiger partial charge on any atom is -0.335 e. The zero-order chi connectivity index (χ0) is 13.1. The maximum Gasteiger partial charge on any atom is 0.270 e. The number of halogens is 1. The molecule has 0 saturated carbocycles. The number of aromatic amines is 1. The molecule has 6 heteroatoms. The van der Waals surface area contributed by atoms with E-state index in [9.17, 15) is 9.59 Å². The Kier molecular flexibility index (Phi) is 3.98. The van der Waals surface area contributed by atoms with Gasteiger partial charge in [-0.05, 0) is 28.1 Å². The summed E-state index contributed by atoms with van der Waals surface area (Å²) < 4.78 is 1.01. The lowest BCUT2D eigenvalue weighted by molar-refractivity contribution is 0.0780. The molecule has 0 aromatic carbocycles. The minimum absolute atomic E-state index is 0.197. The van der Waals surface area contributed by atoms with Crippen LogP contribution in [0.3, 0.4) is 0 Å². The van der Waals surface area contributed by atoms with E-state index in [4.69, 9.17) is 0 Å². The highest BCUT2D eigenvalue weighted by atomic mass is 79.9. The maximum atomic E-state index is 12.1. The quantitative estimate of drug-likeness (QED) is 0.942. The SMILES string of the molecule is CN(Cc1cc(Br)cs1)C(=O)c1cccc(=O)[nH]1. The molecule has 0 saturated heterocycles. The molecule has 0 radical (unpaired) electrons. The Bertz CT molecular complexity index is 620. The molecule has 1 N–H and O–H groups in total. The summed E-state index contributed by atoms with van der Waals surface area (Å²) in [5.41, 5.74) is 0.0359. The molecular weight excluding hydrogens is 316 g/mol. The van der Waals surface area contributed by atoms with E-state index in [0.717, 1.165) is 9.35 Å². The second-order valence-corrected chi connectivity index (χ2v) is 5.73. The standard InChI is InChI=1S/C12H11BrN2O2S/c1-15(6-9-5-8(13)7-18-9)12(17)10-3-2-4-11(16)14-10/h2-5,7H,6H2,1H3,(H,14,16). The Morgan fingerprint density at radius 1 is 1.50 bits per heavy atom. The number of H-pyrrole nitrogens is 1. The highest BCUT2D eigenvalue weighted by molar-refractivity contribution is 9.10. The van der Waals surface area contributed by atoms with Gasteiger partial charge in [0.15, 0.2) is 0 Å². The molecule has 0 unspecified atom stereocenters. The Balaban J connectivity index is 2.11. The molecule has 1 amide bonds. The van der Waals surface area contributed by atoms with Crippen LogP contribution in [0.25, 0.3) is 0 Å². The number of hydrogen-bond acceptors (Lipinski definition) is 3. The Morgan fingerprint density at radius 2 is 2.28 bits per heavy atom. The van der Waals surface area contributed by atoms with E-state index in [1.54, 1.807) is 35.4 Å². The van der Waals surface area contributed by atoms with Crippen LogP contribution in [-0.4, -0.2) is 22.8 Å². The molecular formula is C12H11BrN2O2S. The third kappa shape index (κ3) is 3.08. The van der Waals surface area contributed by atoms with Crippen molar-refractivity contribution in [1.82, 2.24) is 9.88 Å². The number of pyridine rings is 1. The largest absolute Gasteiger partial charge is 0.335 e. The summed E-state index contributed by atoms with van der Waals surface area (Å²) >= 11 is 4.95. The Morgan fingerprint density at radius 3 is 2.89 bits per heavy atom. The second kappa shape index (κ2) is 5.49. The summed E-state index contributed by atoms with van der Waals surface area (Å²) in [5, 5.41) is 1.97.